The Kier molecular flexibility index (Phi) is 5.55. The summed E-state index contributed by atoms with van der Waals surface area (Å²) in [6, 6.07) is 9.93. The van der Waals surface area contributed by atoms with Gasteiger partial charge in [-0.1, -0.05) is 44.2 Å². The number of esters is 1. The molecule has 0 aliphatic heterocycles. The molecule has 0 radical (unpaired) electrons. The van der Waals surface area contributed by atoms with Gasteiger partial charge in [-0.2, -0.15) is 0 Å². The zero-order valence-electron chi connectivity index (χ0n) is 12.6. The molecule has 1 aromatic rings. The fourth-order valence-electron chi connectivity index (χ4n) is 1.84. The molecule has 3 heteroatoms. The van der Waals surface area contributed by atoms with E-state index in [9.17, 15) is 4.79 Å². The molecule has 0 aliphatic carbocycles. The number of carbonyl (C=O) groups excluding carboxylic acids is 1. The van der Waals surface area contributed by atoms with Gasteiger partial charge < -0.3 is 10.1 Å². The van der Waals surface area contributed by atoms with E-state index in [0.29, 0.717) is 6.42 Å². The van der Waals surface area contributed by atoms with Crippen LogP contribution in [0.3, 0.4) is 0 Å². The Labute approximate surface area is 116 Å². The largest absolute Gasteiger partial charge is 0.459 e. The summed E-state index contributed by atoms with van der Waals surface area (Å²) in [6.07, 6.45) is 0.647. The van der Waals surface area contributed by atoms with Gasteiger partial charge in [-0.25, -0.2) is 0 Å². The minimum atomic E-state index is -0.454. The van der Waals surface area contributed by atoms with Gasteiger partial charge in [-0.15, -0.1) is 0 Å². The lowest BCUT2D eigenvalue weighted by molar-refractivity contribution is -0.157. The number of ether oxygens (including phenoxy) is 1. The van der Waals surface area contributed by atoms with Crippen LogP contribution in [-0.4, -0.2) is 23.7 Å². The molecule has 0 aromatic heterocycles. The third-order valence-corrected chi connectivity index (χ3v) is 2.51. The second-order valence-corrected chi connectivity index (χ2v) is 6.10. The quantitative estimate of drug-likeness (QED) is 0.830. The molecular formula is C16H25NO2. The van der Waals surface area contributed by atoms with Gasteiger partial charge >= 0.3 is 5.97 Å². The van der Waals surface area contributed by atoms with Crippen molar-refractivity contribution < 1.29 is 9.53 Å². The molecule has 1 N–H and O–H groups in total. The highest BCUT2D eigenvalue weighted by Crippen LogP contribution is 2.11. The molecule has 0 fully saturated rings. The topological polar surface area (TPSA) is 38.3 Å². The predicted molar refractivity (Wildman–Crippen MR) is 78.1 cm³/mol. The van der Waals surface area contributed by atoms with Gasteiger partial charge in [0, 0.05) is 6.04 Å². The van der Waals surface area contributed by atoms with E-state index < -0.39 is 5.60 Å². The van der Waals surface area contributed by atoms with Crippen LogP contribution in [0.2, 0.25) is 0 Å². The molecule has 19 heavy (non-hydrogen) atoms. The maximum atomic E-state index is 12.2. The molecule has 0 bridgehead atoms. The zero-order valence-corrected chi connectivity index (χ0v) is 12.6. The lowest BCUT2D eigenvalue weighted by atomic mass is 10.0. The summed E-state index contributed by atoms with van der Waals surface area (Å²) in [6.45, 7) is 9.73. The number of nitrogens with one attached hydrogen (secondary N) is 1. The molecule has 3 nitrogen and oxygen atoms in total. The van der Waals surface area contributed by atoms with Crippen LogP contribution in [0.1, 0.15) is 40.2 Å². The third kappa shape index (κ3) is 6.39. The van der Waals surface area contributed by atoms with E-state index in [1.807, 2.05) is 65.0 Å². The average molecular weight is 263 g/mol. The van der Waals surface area contributed by atoms with Crippen molar-refractivity contribution in [2.75, 3.05) is 0 Å². The number of benzene rings is 1. The van der Waals surface area contributed by atoms with Crippen molar-refractivity contribution in [3.05, 3.63) is 35.9 Å². The van der Waals surface area contributed by atoms with Gasteiger partial charge in [0.1, 0.15) is 11.6 Å². The summed E-state index contributed by atoms with van der Waals surface area (Å²) in [5, 5.41) is 3.28. The van der Waals surface area contributed by atoms with E-state index in [1.54, 1.807) is 0 Å². The van der Waals surface area contributed by atoms with E-state index in [1.165, 1.54) is 0 Å². The third-order valence-electron chi connectivity index (χ3n) is 2.51. The van der Waals surface area contributed by atoms with Gasteiger partial charge in [0.2, 0.25) is 0 Å². The van der Waals surface area contributed by atoms with E-state index in [4.69, 9.17) is 4.74 Å². The molecule has 0 spiro atoms. The lowest BCUT2D eigenvalue weighted by Crippen LogP contribution is -2.45. The van der Waals surface area contributed by atoms with Crippen LogP contribution in [0, 0.1) is 0 Å². The molecule has 0 amide bonds. The first-order valence-electron chi connectivity index (χ1n) is 6.81. The maximum absolute atomic E-state index is 12.2. The molecule has 1 aromatic carbocycles. The normalized spacial score (nSPS) is 13.4. The molecule has 0 saturated carbocycles. The van der Waals surface area contributed by atoms with Crippen LogP contribution in [0.25, 0.3) is 0 Å². The molecule has 1 atom stereocenters. The van der Waals surface area contributed by atoms with Crippen LogP contribution in [0.15, 0.2) is 30.3 Å². The first-order valence-corrected chi connectivity index (χ1v) is 6.81. The summed E-state index contributed by atoms with van der Waals surface area (Å²) >= 11 is 0. The monoisotopic (exact) mass is 263 g/mol. The van der Waals surface area contributed by atoms with Crippen LogP contribution < -0.4 is 5.32 Å². The van der Waals surface area contributed by atoms with Gasteiger partial charge in [-0.3, -0.25) is 4.79 Å². The van der Waals surface area contributed by atoms with Crippen molar-refractivity contribution in [2.45, 2.75) is 58.7 Å². The van der Waals surface area contributed by atoms with E-state index in [0.717, 1.165) is 5.56 Å². The van der Waals surface area contributed by atoms with Crippen LogP contribution >= 0.6 is 0 Å². The molecular weight excluding hydrogens is 238 g/mol. The fourth-order valence-corrected chi connectivity index (χ4v) is 1.84. The van der Waals surface area contributed by atoms with E-state index >= 15 is 0 Å². The van der Waals surface area contributed by atoms with E-state index in [2.05, 4.69) is 5.32 Å². The fraction of sp³-hybridized carbons (Fsp3) is 0.562. The van der Waals surface area contributed by atoms with E-state index in [-0.39, 0.29) is 18.1 Å². The Balaban J connectivity index is 2.74. The second kappa shape index (κ2) is 6.71. The summed E-state index contributed by atoms with van der Waals surface area (Å²) in [7, 11) is 0. The number of rotatable bonds is 5. The average Bonchev–Trinajstić information content (AvgIpc) is 2.26. The van der Waals surface area contributed by atoms with Gasteiger partial charge in [-0.05, 0) is 32.8 Å². The highest BCUT2D eigenvalue weighted by atomic mass is 16.6. The van der Waals surface area contributed by atoms with Crippen LogP contribution in [-0.2, 0) is 16.0 Å². The SMILES string of the molecule is CC(C)N[C@@H](Cc1ccccc1)C(=O)OC(C)(C)C. The minimum Gasteiger partial charge on any atom is -0.459 e. The zero-order chi connectivity index (χ0) is 14.5. The molecule has 0 unspecified atom stereocenters. The molecule has 0 aliphatic rings. The van der Waals surface area contributed by atoms with Crippen molar-refractivity contribution in [3.8, 4) is 0 Å². The molecule has 0 saturated heterocycles. The second-order valence-electron chi connectivity index (χ2n) is 6.10. The smallest absolute Gasteiger partial charge is 0.324 e. The van der Waals surface area contributed by atoms with Crippen molar-refractivity contribution in [2.24, 2.45) is 0 Å². The highest BCUT2D eigenvalue weighted by molar-refractivity contribution is 5.76. The Morgan fingerprint density at radius 2 is 1.79 bits per heavy atom. The first-order chi connectivity index (χ1) is 8.78. The lowest BCUT2D eigenvalue weighted by Gasteiger charge is -2.26. The van der Waals surface area contributed by atoms with Crippen molar-refractivity contribution >= 4 is 5.97 Å². The summed E-state index contributed by atoms with van der Waals surface area (Å²) in [5.74, 6) is -0.190. The number of hydrogen-bond donors (Lipinski definition) is 1. The molecule has 1 rings (SSSR count). The summed E-state index contributed by atoms with van der Waals surface area (Å²) in [4.78, 5) is 12.2. The van der Waals surface area contributed by atoms with Gasteiger partial charge in [0.05, 0.1) is 0 Å². The first kappa shape index (κ1) is 15.7. The predicted octanol–water partition coefficient (Wildman–Crippen LogP) is 2.94. The number of hydrogen-bond acceptors (Lipinski definition) is 3. The van der Waals surface area contributed by atoms with Crippen LogP contribution in [0.4, 0.5) is 0 Å². The Morgan fingerprint density at radius 3 is 2.26 bits per heavy atom. The summed E-state index contributed by atoms with van der Waals surface area (Å²) < 4.78 is 5.47. The summed E-state index contributed by atoms with van der Waals surface area (Å²) in [5.41, 5.74) is 0.677. The van der Waals surface area contributed by atoms with Crippen molar-refractivity contribution in [1.29, 1.82) is 0 Å². The van der Waals surface area contributed by atoms with Crippen LogP contribution in [0.5, 0.6) is 0 Å². The van der Waals surface area contributed by atoms with Gasteiger partial charge in [0.25, 0.3) is 0 Å². The standard InChI is InChI=1S/C16H25NO2/c1-12(2)17-14(15(18)19-16(3,4)5)11-13-9-7-6-8-10-13/h6-10,12,14,17H,11H2,1-5H3/t14-/m0/s1. The van der Waals surface area contributed by atoms with Gasteiger partial charge in [0.15, 0.2) is 0 Å². The molecule has 0 heterocycles. The van der Waals surface area contributed by atoms with Crippen molar-refractivity contribution in [3.63, 3.8) is 0 Å². The highest BCUT2D eigenvalue weighted by Gasteiger charge is 2.25. The Hall–Kier alpha value is -1.35. The maximum Gasteiger partial charge on any atom is 0.324 e. The Bertz CT molecular complexity index is 393. The number of carbonyl (C=O) groups is 1. The Morgan fingerprint density at radius 1 is 1.21 bits per heavy atom. The van der Waals surface area contributed by atoms with Crippen molar-refractivity contribution in [1.82, 2.24) is 5.32 Å². The minimum absolute atomic E-state index is 0.190. The molecule has 106 valence electrons.